The van der Waals surface area contributed by atoms with Crippen LogP contribution < -0.4 is 4.90 Å². The molecule has 15 nitrogen and oxygen atoms in total. The molecular formula is C108H64N10O5. The molecule has 0 saturated heterocycles. The number of hydrogen-bond acceptors (Lipinski definition) is 12. The van der Waals surface area contributed by atoms with E-state index in [1.54, 1.807) is 18.8 Å². The van der Waals surface area contributed by atoms with Crippen LogP contribution in [0.3, 0.4) is 0 Å². The molecule has 0 atom stereocenters. The molecular weight excluding hydrogens is 1520 g/mol. The Morgan fingerprint density at radius 3 is 1.17 bits per heavy atom. The average Bonchev–Trinajstić information content (AvgIpc) is 1.54. The number of furan rings is 2. The van der Waals surface area contributed by atoms with Crippen LogP contribution in [0.1, 0.15) is 0 Å². The summed E-state index contributed by atoms with van der Waals surface area (Å²) in [4.78, 5) is 29.8. The van der Waals surface area contributed by atoms with Crippen LogP contribution in [0.2, 0.25) is 0 Å². The molecule has 0 aliphatic carbocycles. The highest BCUT2D eigenvalue weighted by molar-refractivity contribution is 6.29. The van der Waals surface area contributed by atoms with Crippen molar-refractivity contribution >= 4 is 192 Å². The predicted molar refractivity (Wildman–Crippen MR) is 496 cm³/mol. The predicted octanol–water partition coefficient (Wildman–Crippen LogP) is 28.7. The lowest BCUT2D eigenvalue weighted by atomic mass is 9.94. The van der Waals surface area contributed by atoms with Crippen LogP contribution in [-0.4, -0.2) is 43.6 Å². The molecule has 0 spiro atoms. The Morgan fingerprint density at radius 1 is 0.244 bits per heavy atom. The normalized spacial score (nSPS) is 11.9. The highest BCUT2D eigenvalue weighted by Gasteiger charge is 2.26. The monoisotopic (exact) mass is 1580 g/mol. The number of fused-ring (bicyclic) bond motifs is 27. The molecule has 16 aromatic carbocycles. The molecule has 0 saturated carbocycles. The van der Waals surface area contributed by atoms with E-state index < -0.39 is 0 Å². The Morgan fingerprint density at radius 2 is 0.642 bits per heavy atom. The SMILES string of the molecule is c1ccc(-n2c3ccccc3c3cc(-c4cc5ncoc5c5c4ccc4c6cccnc6oc45)ccc32)cc1.c1ccc(-n2c3ccccc3c3cc(-c4cc5ocnc5c5c4ccc4c6cccnc6n(-c6ccccc6)c45)ccc32)cc1.c1ccc(N(c2ccccc2)c2ccc(-c3cc4ncoc4c4c3ccc3c5cccnc5oc34)cc2)cc1. The number of anilines is 3. The number of pyridine rings is 3. The molecule has 0 radical (unpaired) electrons. The van der Waals surface area contributed by atoms with E-state index in [4.69, 9.17) is 32.1 Å². The summed E-state index contributed by atoms with van der Waals surface area (Å²) in [5.74, 6) is 0. The van der Waals surface area contributed by atoms with Gasteiger partial charge in [0, 0.05) is 112 Å². The van der Waals surface area contributed by atoms with E-state index in [0.29, 0.717) is 17.0 Å². The zero-order valence-corrected chi connectivity index (χ0v) is 65.5. The van der Waals surface area contributed by atoms with Crippen LogP contribution in [0.4, 0.5) is 17.1 Å². The van der Waals surface area contributed by atoms with Crippen molar-refractivity contribution in [3.63, 3.8) is 0 Å². The lowest BCUT2D eigenvalue weighted by molar-refractivity contribution is 0.602. The van der Waals surface area contributed by atoms with Crippen LogP contribution >= 0.6 is 0 Å². The van der Waals surface area contributed by atoms with E-state index in [1.807, 2.05) is 54.7 Å². The quantitative estimate of drug-likeness (QED) is 0.135. The van der Waals surface area contributed by atoms with Gasteiger partial charge in [0.05, 0.1) is 38.4 Å². The molecule has 15 heteroatoms. The first-order valence-corrected chi connectivity index (χ1v) is 40.8. The second-order valence-corrected chi connectivity index (χ2v) is 30.8. The zero-order chi connectivity index (χ0) is 80.7. The third-order valence-electron chi connectivity index (χ3n) is 24.2. The molecule has 0 fully saturated rings. The standard InChI is InChI=1S/C40H24N4O.C34H19N3O2.C34H21N3O2/c1-3-10-26(11-4-1)43-34-16-8-7-14-28(34)33-22-25(17-20-35(33)43)32-23-36-38(42-24-45-36)37-29(32)18-19-30-31-15-9-21-41-40(31)44(39(30)37)27-12-5-2-6-13-27;1-2-7-21(8-3-1)37-29-11-5-4-9-22(29)27-17-20(12-15-30(27)37)26-18-28-33(38-19-36-28)31-23(26)13-14-24-25-10-6-16-35-34(25)39-32(24)31;1-3-8-23(9-4-1)37(24-10-5-2-6-11-24)25-15-13-22(14-16-25)29-20-30-33(38-21-36-30)31-26(29)17-18-27-28-12-7-19-35-34(28)39-32(27)31/h1-24H;1-19H;1-21H. The Bertz CT molecular complexity index is 8860. The summed E-state index contributed by atoms with van der Waals surface area (Å²) in [6.07, 6.45) is 9.92. The Balaban J connectivity index is 0.000000102. The first kappa shape index (κ1) is 69.1. The summed E-state index contributed by atoms with van der Waals surface area (Å²) in [7, 11) is 0. The van der Waals surface area contributed by atoms with Crippen molar-refractivity contribution < 1.29 is 22.1 Å². The van der Waals surface area contributed by atoms with Gasteiger partial charge in [-0.2, -0.15) is 0 Å². The first-order valence-electron chi connectivity index (χ1n) is 40.8. The maximum absolute atomic E-state index is 6.31. The minimum absolute atomic E-state index is 0.615. The molecule has 0 aliphatic heterocycles. The molecule has 27 aromatic rings. The van der Waals surface area contributed by atoms with Crippen molar-refractivity contribution in [2.24, 2.45) is 0 Å². The Hall–Kier alpha value is -17.0. The van der Waals surface area contributed by atoms with Crippen molar-refractivity contribution in [1.82, 2.24) is 43.6 Å². The summed E-state index contributed by atoms with van der Waals surface area (Å²) in [6, 6.07) is 123. The number of oxazole rings is 3. The Kier molecular flexibility index (Phi) is 15.6. The first-order chi connectivity index (χ1) is 61.0. The van der Waals surface area contributed by atoms with Gasteiger partial charge in [0.2, 0.25) is 11.4 Å². The number of para-hydroxylation sites is 7. The topological polar surface area (TPSA) is 161 Å². The smallest absolute Gasteiger partial charge is 0.227 e. The van der Waals surface area contributed by atoms with Gasteiger partial charge in [0.25, 0.3) is 0 Å². The number of aromatic nitrogens is 9. The maximum atomic E-state index is 6.31. The van der Waals surface area contributed by atoms with Gasteiger partial charge < -0.3 is 36.1 Å². The molecule has 123 heavy (non-hydrogen) atoms. The lowest BCUT2D eigenvalue weighted by Gasteiger charge is -2.25. The molecule has 0 aliphatic rings. The number of nitrogens with zero attached hydrogens (tertiary/aromatic N) is 10. The van der Waals surface area contributed by atoms with Crippen molar-refractivity contribution in [1.29, 1.82) is 0 Å². The van der Waals surface area contributed by atoms with Gasteiger partial charge in [-0.25, -0.2) is 29.9 Å². The zero-order valence-electron chi connectivity index (χ0n) is 65.5. The van der Waals surface area contributed by atoms with Crippen LogP contribution in [-0.2, 0) is 0 Å². The number of benzene rings is 16. The summed E-state index contributed by atoms with van der Waals surface area (Å²) in [5, 5.41) is 17.2. The summed E-state index contributed by atoms with van der Waals surface area (Å²) in [6.45, 7) is 0. The van der Waals surface area contributed by atoms with Gasteiger partial charge in [0.15, 0.2) is 35.9 Å². The van der Waals surface area contributed by atoms with Crippen molar-refractivity contribution in [3.05, 3.63) is 390 Å². The highest BCUT2D eigenvalue weighted by Crippen LogP contribution is 2.49. The molecule has 11 heterocycles. The molecule has 576 valence electrons. The van der Waals surface area contributed by atoms with Crippen LogP contribution in [0, 0.1) is 0 Å². The van der Waals surface area contributed by atoms with Gasteiger partial charge in [-0.05, 0) is 225 Å². The fraction of sp³-hybridized carbons (Fsp3) is 0. The van der Waals surface area contributed by atoms with Gasteiger partial charge in [0.1, 0.15) is 33.4 Å². The summed E-state index contributed by atoms with van der Waals surface area (Å²) >= 11 is 0. The van der Waals surface area contributed by atoms with Crippen molar-refractivity contribution in [2.75, 3.05) is 4.90 Å². The maximum Gasteiger partial charge on any atom is 0.227 e. The summed E-state index contributed by atoms with van der Waals surface area (Å²) in [5.41, 5.74) is 27.3. The minimum Gasteiger partial charge on any atom is -0.443 e. The molecule has 27 rings (SSSR count). The summed E-state index contributed by atoms with van der Waals surface area (Å²) < 4.78 is 37.4. The fourth-order valence-electron chi connectivity index (χ4n) is 18.8. The second kappa shape index (κ2) is 27.8. The number of hydrogen-bond donors (Lipinski definition) is 0. The van der Waals surface area contributed by atoms with Crippen molar-refractivity contribution in [3.8, 4) is 50.4 Å². The van der Waals surface area contributed by atoms with Gasteiger partial charge in [-0.15, -0.1) is 0 Å². The molecule has 0 amide bonds. The second-order valence-electron chi connectivity index (χ2n) is 30.8. The van der Waals surface area contributed by atoms with Crippen LogP contribution in [0.5, 0.6) is 0 Å². The van der Waals surface area contributed by atoms with E-state index in [1.165, 1.54) is 56.4 Å². The fourth-order valence-corrected chi connectivity index (χ4v) is 18.8. The van der Waals surface area contributed by atoms with E-state index >= 15 is 0 Å². The third kappa shape index (κ3) is 10.9. The van der Waals surface area contributed by atoms with Gasteiger partial charge >= 0.3 is 0 Å². The Labute approximate surface area is 698 Å². The van der Waals surface area contributed by atoms with Crippen LogP contribution in [0.15, 0.2) is 412 Å². The van der Waals surface area contributed by atoms with E-state index in [0.717, 1.165) is 182 Å². The largest absolute Gasteiger partial charge is 0.443 e. The third-order valence-corrected chi connectivity index (χ3v) is 24.2. The molecule has 11 aromatic heterocycles. The van der Waals surface area contributed by atoms with E-state index in [2.05, 4.69) is 342 Å². The minimum atomic E-state index is 0.615. The lowest BCUT2D eigenvalue weighted by Crippen LogP contribution is -2.09. The van der Waals surface area contributed by atoms with E-state index in [-0.39, 0.29) is 0 Å². The molecule has 0 N–H and O–H groups in total. The van der Waals surface area contributed by atoms with E-state index in [9.17, 15) is 0 Å². The molecule has 0 bridgehead atoms. The highest BCUT2D eigenvalue weighted by atomic mass is 16.4. The van der Waals surface area contributed by atoms with Crippen LogP contribution in [0.25, 0.3) is 226 Å². The van der Waals surface area contributed by atoms with Crippen molar-refractivity contribution in [2.45, 2.75) is 0 Å². The number of rotatable bonds is 9. The van der Waals surface area contributed by atoms with Gasteiger partial charge in [-0.1, -0.05) is 176 Å². The molecule has 0 unspecified atom stereocenters. The average molecular weight is 1580 g/mol. The van der Waals surface area contributed by atoms with Gasteiger partial charge in [-0.3, -0.25) is 4.57 Å².